The van der Waals surface area contributed by atoms with Gasteiger partial charge in [0.05, 0.1) is 11.9 Å². The number of nitrogens with zero attached hydrogens (tertiary/aromatic N) is 1. The highest BCUT2D eigenvalue weighted by molar-refractivity contribution is 6.31. The Morgan fingerprint density at radius 1 is 1.89 bits per heavy atom. The lowest BCUT2D eigenvalue weighted by Gasteiger charge is -1.98. The number of rotatable bonds is 2. The van der Waals surface area contributed by atoms with E-state index in [0.29, 0.717) is 6.54 Å². The predicted octanol–water partition coefficient (Wildman–Crippen LogP) is 1.71. The van der Waals surface area contributed by atoms with E-state index in [0.717, 1.165) is 5.71 Å². The Morgan fingerprint density at radius 3 is 2.78 bits per heavy atom. The minimum Gasteiger partial charge on any atom is -0.280 e. The van der Waals surface area contributed by atoms with Gasteiger partial charge in [-0.05, 0) is 13.8 Å². The molecule has 0 aliphatic carbocycles. The van der Waals surface area contributed by atoms with E-state index in [-0.39, 0.29) is 5.38 Å². The van der Waals surface area contributed by atoms with E-state index in [1.807, 2.05) is 13.8 Å². The Labute approximate surface area is 61.1 Å². The van der Waals surface area contributed by atoms with Crippen molar-refractivity contribution in [3.05, 3.63) is 0 Å². The van der Waals surface area contributed by atoms with E-state index >= 15 is 0 Å². The van der Waals surface area contributed by atoms with Gasteiger partial charge in [-0.15, -0.1) is 18.0 Å². The molecule has 0 aliphatic heterocycles. The molecule has 50 valence electrons. The molecule has 0 fully saturated rings. The number of aliphatic imine (C=N–C) groups is 1. The smallest absolute Gasteiger partial charge is 0.0994 e. The molecule has 0 radical (unpaired) electrons. The van der Waals surface area contributed by atoms with Crippen LogP contribution in [-0.2, 0) is 0 Å². The number of alkyl halides is 1. The molecule has 2 heteroatoms. The second-order valence-corrected chi connectivity index (χ2v) is 2.43. The zero-order chi connectivity index (χ0) is 7.28. The summed E-state index contributed by atoms with van der Waals surface area (Å²) in [5, 5.41) is -0.00153. The van der Waals surface area contributed by atoms with E-state index in [2.05, 4.69) is 10.9 Å². The van der Waals surface area contributed by atoms with Crippen LogP contribution in [0, 0.1) is 12.3 Å². The van der Waals surface area contributed by atoms with Crippen molar-refractivity contribution in [3.63, 3.8) is 0 Å². The van der Waals surface area contributed by atoms with Gasteiger partial charge in [0, 0.05) is 5.71 Å². The van der Waals surface area contributed by atoms with Gasteiger partial charge in [-0.3, -0.25) is 4.99 Å². The van der Waals surface area contributed by atoms with E-state index in [4.69, 9.17) is 18.0 Å². The van der Waals surface area contributed by atoms with E-state index < -0.39 is 0 Å². The number of halogens is 1. The Kier molecular flexibility index (Phi) is 4.17. The van der Waals surface area contributed by atoms with Crippen molar-refractivity contribution >= 4 is 17.3 Å². The van der Waals surface area contributed by atoms with Gasteiger partial charge in [-0.2, -0.15) is 0 Å². The van der Waals surface area contributed by atoms with Gasteiger partial charge in [-0.25, -0.2) is 0 Å². The van der Waals surface area contributed by atoms with Crippen LogP contribution >= 0.6 is 11.6 Å². The van der Waals surface area contributed by atoms with Gasteiger partial charge in [0.25, 0.3) is 0 Å². The Balaban J connectivity index is 3.73. The zero-order valence-corrected chi connectivity index (χ0v) is 6.44. The van der Waals surface area contributed by atoms with Crippen LogP contribution in [0.3, 0.4) is 0 Å². The van der Waals surface area contributed by atoms with Crippen LogP contribution in [-0.4, -0.2) is 17.6 Å². The molecule has 0 aromatic carbocycles. The largest absolute Gasteiger partial charge is 0.280 e. The molecule has 0 heterocycles. The molecule has 0 saturated carbocycles. The standard InChI is InChI=1S/C7H10ClN/c1-4-5-9-7(3)6(2)8/h1,6H,5H2,2-3H3. The molecule has 0 aromatic rings. The fourth-order valence-electron chi connectivity index (χ4n) is 0.296. The maximum Gasteiger partial charge on any atom is 0.0994 e. The third-order valence-electron chi connectivity index (χ3n) is 0.995. The highest BCUT2D eigenvalue weighted by Gasteiger charge is 1.97. The van der Waals surface area contributed by atoms with Crippen molar-refractivity contribution in [1.29, 1.82) is 0 Å². The van der Waals surface area contributed by atoms with Gasteiger partial charge in [0.15, 0.2) is 0 Å². The van der Waals surface area contributed by atoms with Crippen LogP contribution in [0.5, 0.6) is 0 Å². The number of terminal acetylenes is 1. The molecule has 0 spiro atoms. The van der Waals surface area contributed by atoms with Crippen molar-refractivity contribution in [1.82, 2.24) is 0 Å². The summed E-state index contributed by atoms with van der Waals surface area (Å²) < 4.78 is 0. The molecule has 1 unspecified atom stereocenters. The summed E-state index contributed by atoms with van der Waals surface area (Å²) in [6.07, 6.45) is 4.98. The van der Waals surface area contributed by atoms with Crippen molar-refractivity contribution in [3.8, 4) is 12.3 Å². The Morgan fingerprint density at radius 2 is 2.44 bits per heavy atom. The summed E-state index contributed by atoms with van der Waals surface area (Å²) in [5.41, 5.74) is 0.898. The zero-order valence-electron chi connectivity index (χ0n) is 5.69. The first kappa shape index (κ1) is 8.52. The molecule has 0 aromatic heterocycles. The summed E-state index contributed by atoms with van der Waals surface area (Å²) in [4.78, 5) is 3.99. The van der Waals surface area contributed by atoms with Crippen molar-refractivity contribution < 1.29 is 0 Å². The van der Waals surface area contributed by atoms with Gasteiger partial charge < -0.3 is 0 Å². The quantitative estimate of drug-likeness (QED) is 0.317. The summed E-state index contributed by atoms with van der Waals surface area (Å²) in [5.74, 6) is 2.41. The summed E-state index contributed by atoms with van der Waals surface area (Å²) >= 11 is 5.66. The molecule has 1 nitrogen and oxygen atoms in total. The van der Waals surface area contributed by atoms with Crippen LogP contribution in [0.4, 0.5) is 0 Å². The minimum absolute atomic E-state index is 0.00153. The van der Waals surface area contributed by atoms with Gasteiger partial charge in [0.1, 0.15) is 0 Å². The van der Waals surface area contributed by atoms with Crippen molar-refractivity contribution in [2.75, 3.05) is 6.54 Å². The first-order valence-corrected chi connectivity index (χ1v) is 3.20. The fraction of sp³-hybridized carbons (Fsp3) is 0.571. The maximum absolute atomic E-state index is 5.66. The molecule has 0 N–H and O–H groups in total. The van der Waals surface area contributed by atoms with E-state index in [9.17, 15) is 0 Å². The van der Waals surface area contributed by atoms with Gasteiger partial charge in [-0.1, -0.05) is 5.92 Å². The molecule has 0 saturated heterocycles. The molecule has 0 rings (SSSR count). The van der Waals surface area contributed by atoms with Gasteiger partial charge >= 0.3 is 0 Å². The average molecular weight is 144 g/mol. The third kappa shape index (κ3) is 4.05. The normalized spacial score (nSPS) is 14.7. The second-order valence-electron chi connectivity index (χ2n) is 1.78. The van der Waals surface area contributed by atoms with Crippen LogP contribution in [0.25, 0.3) is 0 Å². The SMILES string of the molecule is C#CCN=C(C)C(C)Cl. The van der Waals surface area contributed by atoms with Crippen LogP contribution < -0.4 is 0 Å². The number of hydrogen-bond acceptors (Lipinski definition) is 1. The molecule has 0 aliphatic rings. The van der Waals surface area contributed by atoms with E-state index in [1.54, 1.807) is 0 Å². The van der Waals surface area contributed by atoms with Crippen LogP contribution in [0.1, 0.15) is 13.8 Å². The topological polar surface area (TPSA) is 12.4 Å². The molecule has 1 atom stereocenters. The summed E-state index contributed by atoms with van der Waals surface area (Å²) in [6.45, 7) is 4.18. The van der Waals surface area contributed by atoms with Crippen molar-refractivity contribution in [2.24, 2.45) is 4.99 Å². The van der Waals surface area contributed by atoms with Crippen LogP contribution in [0.15, 0.2) is 4.99 Å². The highest BCUT2D eigenvalue weighted by Crippen LogP contribution is 1.95. The molecule has 9 heavy (non-hydrogen) atoms. The van der Waals surface area contributed by atoms with Crippen LogP contribution in [0.2, 0.25) is 0 Å². The second kappa shape index (κ2) is 4.40. The fourth-order valence-corrected chi connectivity index (χ4v) is 0.365. The molecular weight excluding hydrogens is 134 g/mol. The third-order valence-corrected chi connectivity index (χ3v) is 1.31. The summed E-state index contributed by atoms with van der Waals surface area (Å²) in [7, 11) is 0. The molecular formula is C7H10ClN. The molecule has 0 bridgehead atoms. The Bertz CT molecular complexity index is 141. The lowest BCUT2D eigenvalue weighted by Crippen LogP contribution is -2.05. The minimum atomic E-state index is -0.00153. The molecule has 0 amide bonds. The lowest BCUT2D eigenvalue weighted by molar-refractivity contribution is 1.19. The first-order chi connectivity index (χ1) is 4.18. The van der Waals surface area contributed by atoms with Gasteiger partial charge in [0.2, 0.25) is 0 Å². The van der Waals surface area contributed by atoms with Crippen molar-refractivity contribution in [2.45, 2.75) is 19.2 Å². The Hall–Kier alpha value is -0.480. The summed E-state index contributed by atoms with van der Waals surface area (Å²) in [6, 6.07) is 0. The lowest BCUT2D eigenvalue weighted by atomic mass is 10.3. The predicted molar refractivity (Wildman–Crippen MR) is 42.1 cm³/mol. The maximum atomic E-state index is 5.66. The number of hydrogen-bond donors (Lipinski definition) is 0. The monoisotopic (exact) mass is 143 g/mol. The average Bonchev–Trinajstić information content (AvgIpc) is 1.82. The first-order valence-electron chi connectivity index (χ1n) is 2.77. The van der Waals surface area contributed by atoms with E-state index in [1.165, 1.54) is 0 Å². The highest BCUT2D eigenvalue weighted by atomic mass is 35.5.